The number of nitro groups is 1. The Labute approximate surface area is 156 Å². The molecule has 0 aromatic heterocycles. The van der Waals surface area contributed by atoms with Crippen molar-refractivity contribution in [3.63, 3.8) is 0 Å². The van der Waals surface area contributed by atoms with E-state index in [-0.39, 0.29) is 11.3 Å². The number of halogens is 3. The van der Waals surface area contributed by atoms with Gasteiger partial charge in [0.1, 0.15) is 0 Å². The molecule has 0 saturated carbocycles. The third-order valence-corrected chi connectivity index (χ3v) is 3.66. The van der Waals surface area contributed by atoms with E-state index in [0.717, 1.165) is 17.0 Å². The Hall–Kier alpha value is -3.63. The van der Waals surface area contributed by atoms with Crippen molar-refractivity contribution in [1.82, 2.24) is 4.90 Å². The largest absolute Gasteiger partial charge is 0.490 e. The van der Waals surface area contributed by atoms with Crippen LogP contribution in [0.5, 0.6) is 5.75 Å². The van der Waals surface area contributed by atoms with Crippen molar-refractivity contribution in [2.45, 2.75) is 0 Å². The molecule has 0 aliphatic rings. The molecule has 148 valence electrons. The van der Waals surface area contributed by atoms with Crippen LogP contribution in [0.25, 0.3) is 0 Å². The molecule has 0 radical (unpaired) electrons. The van der Waals surface area contributed by atoms with Crippen molar-refractivity contribution < 1.29 is 32.4 Å². The lowest BCUT2D eigenvalue weighted by atomic mass is 10.1. The van der Waals surface area contributed by atoms with Gasteiger partial charge in [0.05, 0.1) is 24.3 Å². The normalized spacial score (nSPS) is 10.3. The summed E-state index contributed by atoms with van der Waals surface area (Å²) in [5.41, 5.74) is -1.11. The van der Waals surface area contributed by atoms with Crippen molar-refractivity contribution in [1.29, 1.82) is 0 Å². The van der Waals surface area contributed by atoms with Crippen LogP contribution in [0, 0.1) is 27.6 Å². The molecule has 0 aliphatic heterocycles. The second-order valence-electron chi connectivity index (χ2n) is 5.58. The fraction of sp³-hybridized carbons (Fsp3) is 0.176. The van der Waals surface area contributed by atoms with Crippen LogP contribution in [0.4, 0.5) is 24.5 Å². The molecular formula is C17H14F3N3O5. The van der Waals surface area contributed by atoms with Crippen LogP contribution in [0.1, 0.15) is 10.4 Å². The topological polar surface area (TPSA) is 102 Å². The first-order valence-electron chi connectivity index (χ1n) is 7.67. The average molecular weight is 397 g/mol. The van der Waals surface area contributed by atoms with Gasteiger partial charge < -0.3 is 15.0 Å². The summed E-state index contributed by atoms with van der Waals surface area (Å²) in [6, 6.07) is 4.97. The van der Waals surface area contributed by atoms with Gasteiger partial charge in [-0.2, -0.15) is 0 Å². The molecular weight excluding hydrogens is 383 g/mol. The van der Waals surface area contributed by atoms with E-state index in [4.69, 9.17) is 4.74 Å². The van der Waals surface area contributed by atoms with Gasteiger partial charge in [0.2, 0.25) is 5.91 Å². The Morgan fingerprint density at radius 3 is 2.46 bits per heavy atom. The Bertz CT molecular complexity index is 952. The van der Waals surface area contributed by atoms with E-state index in [1.807, 2.05) is 5.32 Å². The predicted octanol–water partition coefficient (Wildman–Crippen LogP) is 2.73. The van der Waals surface area contributed by atoms with Crippen molar-refractivity contribution in [3.05, 3.63) is 63.5 Å². The second-order valence-corrected chi connectivity index (χ2v) is 5.58. The number of hydrogen-bond acceptors (Lipinski definition) is 5. The molecule has 28 heavy (non-hydrogen) atoms. The highest BCUT2D eigenvalue weighted by molar-refractivity contribution is 5.99. The van der Waals surface area contributed by atoms with Crippen molar-refractivity contribution in [2.75, 3.05) is 26.0 Å². The van der Waals surface area contributed by atoms with E-state index < -0.39 is 52.1 Å². The lowest BCUT2D eigenvalue weighted by Crippen LogP contribution is -2.35. The van der Waals surface area contributed by atoms with Gasteiger partial charge in [0.25, 0.3) is 5.91 Å². The molecule has 0 heterocycles. The lowest BCUT2D eigenvalue weighted by molar-refractivity contribution is -0.385. The minimum atomic E-state index is -1.74. The van der Waals surface area contributed by atoms with Gasteiger partial charge in [-0.15, -0.1) is 0 Å². The van der Waals surface area contributed by atoms with Gasteiger partial charge in [-0.25, -0.2) is 13.2 Å². The number of ether oxygens (including phenoxy) is 1. The zero-order valence-electron chi connectivity index (χ0n) is 14.7. The maximum atomic E-state index is 13.6. The molecule has 0 unspecified atom stereocenters. The first-order valence-corrected chi connectivity index (χ1v) is 7.67. The molecule has 0 spiro atoms. The van der Waals surface area contributed by atoms with Crippen LogP contribution in [-0.4, -0.2) is 42.3 Å². The Balaban J connectivity index is 2.12. The van der Waals surface area contributed by atoms with Gasteiger partial charge in [-0.05, 0) is 24.3 Å². The van der Waals surface area contributed by atoms with Gasteiger partial charge in [-0.1, -0.05) is 0 Å². The quantitative estimate of drug-likeness (QED) is 0.459. The molecule has 11 heteroatoms. The fourth-order valence-electron chi connectivity index (χ4n) is 2.29. The smallest absolute Gasteiger partial charge is 0.311 e. The summed E-state index contributed by atoms with van der Waals surface area (Å²) in [4.78, 5) is 35.6. The number of methoxy groups -OCH3 is 1. The van der Waals surface area contributed by atoms with E-state index in [9.17, 15) is 32.9 Å². The number of hydrogen-bond donors (Lipinski definition) is 1. The van der Waals surface area contributed by atoms with Crippen LogP contribution in [0.15, 0.2) is 30.3 Å². The Kier molecular flexibility index (Phi) is 6.18. The molecule has 2 aromatic rings. The summed E-state index contributed by atoms with van der Waals surface area (Å²) in [6.45, 7) is -0.572. The highest BCUT2D eigenvalue weighted by Gasteiger charge is 2.22. The number of likely N-dealkylation sites (N-methyl/N-ethyl adjacent to an activating group) is 1. The number of rotatable bonds is 6. The van der Waals surface area contributed by atoms with E-state index in [1.165, 1.54) is 26.3 Å². The summed E-state index contributed by atoms with van der Waals surface area (Å²) >= 11 is 0. The number of nitro benzene ring substituents is 1. The van der Waals surface area contributed by atoms with Gasteiger partial charge in [0, 0.05) is 18.7 Å². The van der Waals surface area contributed by atoms with Gasteiger partial charge in [0.15, 0.2) is 23.2 Å². The zero-order valence-corrected chi connectivity index (χ0v) is 14.7. The number of nitrogens with zero attached hydrogens (tertiary/aromatic N) is 2. The average Bonchev–Trinajstić information content (AvgIpc) is 2.67. The SMILES string of the molecule is COc1ccc(C(=O)N(C)CC(=O)Nc2ccc(F)c(F)c2F)cc1[N+](=O)[O-]. The molecule has 8 nitrogen and oxygen atoms in total. The first kappa shape index (κ1) is 20.7. The lowest BCUT2D eigenvalue weighted by Gasteiger charge is -2.17. The summed E-state index contributed by atoms with van der Waals surface area (Å²) in [5, 5.41) is 13.1. The van der Waals surface area contributed by atoms with Crippen LogP contribution in [-0.2, 0) is 4.79 Å². The maximum absolute atomic E-state index is 13.6. The summed E-state index contributed by atoms with van der Waals surface area (Å²) < 4.78 is 44.5. The summed E-state index contributed by atoms with van der Waals surface area (Å²) in [5.74, 6) is -6.39. The van der Waals surface area contributed by atoms with Crippen molar-refractivity contribution >= 4 is 23.2 Å². The third-order valence-electron chi connectivity index (χ3n) is 3.66. The van der Waals surface area contributed by atoms with Crippen molar-refractivity contribution in [3.8, 4) is 5.75 Å². The predicted molar refractivity (Wildman–Crippen MR) is 91.6 cm³/mol. The van der Waals surface area contributed by atoms with Crippen LogP contribution < -0.4 is 10.1 Å². The number of benzene rings is 2. The molecule has 2 aromatic carbocycles. The fourth-order valence-corrected chi connectivity index (χ4v) is 2.29. The molecule has 0 aliphatic carbocycles. The highest BCUT2D eigenvalue weighted by Crippen LogP contribution is 2.28. The highest BCUT2D eigenvalue weighted by atomic mass is 19.2. The van der Waals surface area contributed by atoms with Crippen molar-refractivity contribution in [2.24, 2.45) is 0 Å². The number of amides is 2. The van der Waals surface area contributed by atoms with Gasteiger partial charge >= 0.3 is 5.69 Å². The van der Waals surface area contributed by atoms with Crippen LogP contribution in [0.2, 0.25) is 0 Å². The minimum absolute atomic E-state index is 0.0456. The Morgan fingerprint density at radius 2 is 1.86 bits per heavy atom. The van der Waals surface area contributed by atoms with E-state index >= 15 is 0 Å². The first-order chi connectivity index (χ1) is 13.1. The standard InChI is InChI=1S/C17H14F3N3O5/c1-22(8-14(24)21-11-5-4-10(18)15(19)16(11)20)17(25)9-3-6-13(28-2)12(7-9)23(26)27/h3-7H,8H2,1-2H3,(H,21,24). The number of nitrogens with one attached hydrogen (secondary N) is 1. The number of carbonyl (C=O) groups excluding carboxylic acids is 2. The number of carbonyl (C=O) groups is 2. The van der Waals surface area contributed by atoms with E-state index in [2.05, 4.69) is 0 Å². The molecule has 0 saturated heterocycles. The Morgan fingerprint density at radius 1 is 1.18 bits per heavy atom. The molecule has 0 bridgehead atoms. The van der Waals surface area contributed by atoms with Gasteiger partial charge in [-0.3, -0.25) is 19.7 Å². The van der Waals surface area contributed by atoms with Crippen LogP contribution >= 0.6 is 0 Å². The molecule has 1 N–H and O–H groups in total. The third kappa shape index (κ3) is 4.37. The molecule has 2 amide bonds. The van der Waals surface area contributed by atoms with E-state index in [0.29, 0.717) is 6.07 Å². The maximum Gasteiger partial charge on any atom is 0.311 e. The second kappa shape index (κ2) is 8.37. The zero-order chi connectivity index (χ0) is 21.0. The summed E-state index contributed by atoms with van der Waals surface area (Å²) in [7, 11) is 2.47. The molecule has 0 fully saturated rings. The monoisotopic (exact) mass is 397 g/mol. The van der Waals surface area contributed by atoms with E-state index in [1.54, 1.807) is 0 Å². The molecule has 2 rings (SSSR count). The number of anilines is 1. The van der Waals surface area contributed by atoms with Crippen LogP contribution in [0.3, 0.4) is 0 Å². The molecule has 0 atom stereocenters. The summed E-state index contributed by atoms with van der Waals surface area (Å²) in [6.07, 6.45) is 0. The minimum Gasteiger partial charge on any atom is -0.490 e.